The second-order valence-corrected chi connectivity index (χ2v) is 6.51. The molecule has 110 valence electrons. The van der Waals surface area contributed by atoms with E-state index in [1.807, 2.05) is 0 Å². The third-order valence-corrected chi connectivity index (χ3v) is 3.50. The van der Waals surface area contributed by atoms with Crippen LogP contribution in [0, 0.1) is 0 Å². The molecular formula is C12H17N3O4S. The summed E-state index contributed by atoms with van der Waals surface area (Å²) in [5, 5.41) is 14.9. The molecule has 1 aromatic carbocycles. The fraction of sp³-hybridized carbons (Fsp3) is 0.417. The quantitative estimate of drug-likeness (QED) is 0.611. The molecule has 1 aromatic rings. The van der Waals surface area contributed by atoms with Gasteiger partial charge in [-0.1, -0.05) is 12.1 Å². The van der Waals surface area contributed by atoms with E-state index in [2.05, 4.69) is 15.4 Å². The molecule has 4 N–H and O–H groups in total. The summed E-state index contributed by atoms with van der Waals surface area (Å²) in [4.78, 5) is 12.0. The van der Waals surface area contributed by atoms with Crippen molar-refractivity contribution in [2.45, 2.75) is 18.6 Å². The summed E-state index contributed by atoms with van der Waals surface area (Å²) >= 11 is 0. The van der Waals surface area contributed by atoms with Crippen LogP contribution in [0.15, 0.2) is 24.3 Å². The molecule has 0 bridgehead atoms. The Morgan fingerprint density at radius 3 is 2.55 bits per heavy atom. The number of aliphatic hydroxyl groups excluding tert-OH is 1. The van der Waals surface area contributed by atoms with Gasteiger partial charge in [0.1, 0.15) is 0 Å². The molecule has 2 unspecified atom stereocenters. The van der Waals surface area contributed by atoms with E-state index < -0.39 is 22.2 Å². The molecule has 0 radical (unpaired) electrons. The lowest BCUT2D eigenvalue weighted by Gasteiger charge is -2.14. The monoisotopic (exact) mass is 299 g/mol. The number of amides is 1. The van der Waals surface area contributed by atoms with Crippen molar-refractivity contribution in [1.82, 2.24) is 5.32 Å². The summed E-state index contributed by atoms with van der Waals surface area (Å²) in [5.74, 6) is -0.302. The first-order valence-electron chi connectivity index (χ1n) is 6.14. The van der Waals surface area contributed by atoms with Gasteiger partial charge in [-0.15, -0.1) is 0 Å². The van der Waals surface area contributed by atoms with E-state index in [0.29, 0.717) is 24.3 Å². The zero-order chi connectivity index (χ0) is 14.8. The molecule has 1 heterocycles. The van der Waals surface area contributed by atoms with E-state index in [-0.39, 0.29) is 5.91 Å². The highest BCUT2D eigenvalue weighted by Gasteiger charge is 2.28. The summed E-state index contributed by atoms with van der Waals surface area (Å²) in [6, 6.07) is 6.06. The first kappa shape index (κ1) is 14.8. The molecule has 0 saturated carbocycles. The average molecular weight is 299 g/mol. The Morgan fingerprint density at radius 1 is 1.35 bits per heavy atom. The number of para-hydroxylation sites is 2. The Hall–Kier alpha value is -1.64. The van der Waals surface area contributed by atoms with Crippen molar-refractivity contribution < 1.29 is 18.3 Å². The van der Waals surface area contributed by atoms with Crippen molar-refractivity contribution in [2.75, 3.05) is 22.8 Å². The normalized spacial score (nSPS) is 22.5. The summed E-state index contributed by atoms with van der Waals surface area (Å²) in [6.45, 7) is 0.376. The minimum absolute atomic E-state index is 0.302. The molecule has 0 aromatic heterocycles. The third-order valence-electron chi connectivity index (χ3n) is 2.90. The molecule has 1 amide bonds. The van der Waals surface area contributed by atoms with Crippen molar-refractivity contribution in [3.05, 3.63) is 24.3 Å². The standard InChI is InChI=1S/C12H17N3O4S/c1-20(18,19)15-10-5-3-2-4-9(10)14-12(17)11-6-8(16)7-13-11/h2-5,8,11,13,15-16H,6-7H2,1H3,(H,14,17). The van der Waals surface area contributed by atoms with Crippen LogP contribution in [0.2, 0.25) is 0 Å². The van der Waals surface area contributed by atoms with Gasteiger partial charge in [0.05, 0.1) is 29.8 Å². The van der Waals surface area contributed by atoms with Crippen LogP contribution >= 0.6 is 0 Å². The minimum Gasteiger partial charge on any atom is -0.392 e. The summed E-state index contributed by atoms with van der Waals surface area (Å²) < 4.78 is 24.9. The van der Waals surface area contributed by atoms with Gasteiger partial charge in [-0.3, -0.25) is 9.52 Å². The minimum atomic E-state index is -3.42. The molecule has 1 fully saturated rings. The third kappa shape index (κ3) is 3.92. The van der Waals surface area contributed by atoms with Gasteiger partial charge < -0.3 is 15.7 Å². The van der Waals surface area contributed by atoms with E-state index >= 15 is 0 Å². The number of carbonyl (C=O) groups is 1. The molecule has 8 heteroatoms. The number of β-amino-alcohol motifs (C(OH)–C–C–N with tert-alkyl or cyclic N) is 1. The fourth-order valence-corrected chi connectivity index (χ4v) is 2.59. The number of aliphatic hydroxyl groups is 1. The molecule has 1 aliphatic rings. The van der Waals surface area contributed by atoms with Crippen LogP contribution in [0.1, 0.15) is 6.42 Å². The second kappa shape index (κ2) is 5.78. The number of nitrogens with one attached hydrogen (secondary N) is 3. The molecule has 2 rings (SSSR count). The number of hydrogen-bond acceptors (Lipinski definition) is 5. The Balaban J connectivity index is 2.11. The van der Waals surface area contributed by atoms with E-state index in [0.717, 1.165) is 6.26 Å². The highest BCUT2D eigenvalue weighted by Crippen LogP contribution is 2.22. The summed E-state index contributed by atoms with van der Waals surface area (Å²) in [5.41, 5.74) is 0.688. The number of sulfonamides is 1. The number of carbonyl (C=O) groups excluding carboxylic acids is 1. The lowest BCUT2D eigenvalue weighted by atomic mass is 10.2. The van der Waals surface area contributed by atoms with Gasteiger partial charge in [-0.2, -0.15) is 0 Å². The number of rotatable bonds is 4. The Bertz CT molecular complexity index is 602. The van der Waals surface area contributed by atoms with Crippen LogP contribution in [0.5, 0.6) is 0 Å². The highest BCUT2D eigenvalue weighted by atomic mass is 32.2. The summed E-state index contributed by atoms with van der Waals surface area (Å²) in [6.07, 6.45) is 0.851. The second-order valence-electron chi connectivity index (χ2n) is 4.76. The van der Waals surface area contributed by atoms with E-state index in [4.69, 9.17) is 0 Å². The molecule has 1 saturated heterocycles. The van der Waals surface area contributed by atoms with Gasteiger partial charge >= 0.3 is 0 Å². The smallest absolute Gasteiger partial charge is 0.241 e. The van der Waals surface area contributed by atoms with Crippen LogP contribution in [0.4, 0.5) is 11.4 Å². The number of benzene rings is 1. The van der Waals surface area contributed by atoms with Crippen molar-refractivity contribution in [1.29, 1.82) is 0 Å². The summed E-state index contributed by atoms with van der Waals surface area (Å²) in [7, 11) is -3.42. The molecule has 7 nitrogen and oxygen atoms in total. The van der Waals surface area contributed by atoms with Crippen LogP contribution in [0.25, 0.3) is 0 Å². The first-order valence-corrected chi connectivity index (χ1v) is 8.03. The zero-order valence-electron chi connectivity index (χ0n) is 11.0. The lowest BCUT2D eigenvalue weighted by Crippen LogP contribution is -2.35. The maximum Gasteiger partial charge on any atom is 0.241 e. The van der Waals surface area contributed by atoms with E-state index in [9.17, 15) is 18.3 Å². The Morgan fingerprint density at radius 2 is 2.00 bits per heavy atom. The van der Waals surface area contributed by atoms with Gasteiger partial charge in [0.25, 0.3) is 0 Å². The van der Waals surface area contributed by atoms with Crippen molar-refractivity contribution in [3.63, 3.8) is 0 Å². The lowest BCUT2D eigenvalue weighted by molar-refractivity contribution is -0.117. The van der Waals surface area contributed by atoms with Gasteiger partial charge in [0.15, 0.2) is 0 Å². The zero-order valence-corrected chi connectivity index (χ0v) is 11.8. The maximum absolute atomic E-state index is 12.0. The van der Waals surface area contributed by atoms with Crippen molar-refractivity contribution >= 4 is 27.3 Å². The molecule has 20 heavy (non-hydrogen) atoms. The molecule has 0 aliphatic carbocycles. The predicted octanol–water partition coefficient (Wildman–Crippen LogP) is -0.281. The van der Waals surface area contributed by atoms with E-state index in [1.165, 1.54) is 0 Å². The largest absolute Gasteiger partial charge is 0.392 e. The van der Waals surface area contributed by atoms with Gasteiger partial charge in [0, 0.05) is 6.54 Å². The van der Waals surface area contributed by atoms with E-state index in [1.54, 1.807) is 24.3 Å². The van der Waals surface area contributed by atoms with Gasteiger partial charge in [-0.05, 0) is 18.6 Å². The predicted molar refractivity (Wildman–Crippen MR) is 76.0 cm³/mol. The van der Waals surface area contributed by atoms with Crippen LogP contribution in [-0.4, -0.2) is 44.4 Å². The molecule has 0 spiro atoms. The van der Waals surface area contributed by atoms with Crippen LogP contribution in [0.3, 0.4) is 0 Å². The fourth-order valence-electron chi connectivity index (χ4n) is 2.02. The Kier molecular flexibility index (Phi) is 4.26. The van der Waals surface area contributed by atoms with Crippen LogP contribution < -0.4 is 15.4 Å². The Labute approximate surface area is 117 Å². The van der Waals surface area contributed by atoms with Gasteiger partial charge in [-0.25, -0.2) is 8.42 Å². The van der Waals surface area contributed by atoms with Crippen molar-refractivity contribution in [3.8, 4) is 0 Å². The SMILES string of the molecule is CS(=O)(=O)Nc1ccccc1NC(=O)C1CC(O)CN1. The number of hydrogen-bond donors (Lipinski definition) is 4. The maximum atomic E-state index is 12.0. The molecule has 2 atom stereocenters. The number of anilines is 2. The topological polar surface area (TPSA) is 108 Å². The highest BCUT2D eigenvalue weighted by molar-refractivity contribution is 7.92. The molecular weight excluding hydrogens is 282 g/mol. The van der Waals surface area contributed by atoms with Crippen molar-refractivity contribution in [2.24, 2.45) is 0 Å². The van der Waals surface area contributed by atoms with Gasteiger partial charge in [0.2, 0.25) is 15.9 Å². The molecule has 1 aliphatic heterocycles. The van der Waals surface area contributed by atoms with Crippen LogP contribution in [-0.2, 0) is 14.8 Å². The average Bonchev–Trinajstić information content (AvgIpc) is 2.77. The first-order chi connectivity index (χ1) is 9.35.